The van der Waals surface area contributed by atoms with Crippen LogP contribution in [0, 0.1) is 0 Å². The van der Waals surface area contributed by atoms with Gasteiger partial charge in [0.1, 0.15) is 5.60 Å². The van der Waals surface area contributed by atoms with Gasteiger partial charge in [0.15, 0.2) is 11.5 Å². The van der Waals surface area contributed by atoms with Crippen molar-refractivity contribution in [3.63, 3.8) is 0 Å². The maximum absolute atomic E-state index is 13.8. The molecular weight excluding hydrogens is 707 g/mol. The largest absolute Gasteiger partial charge is 0.444 e. The summed E-state index contributed by atoms with van der Waals surface area (Å²) in [6, 6.07) is 3.94. The van der Waals surface area contributed by atoms with Gasteiger partial charge in [-0.1, -0.05) is 23.8 Å². The fourth-order valence-corrected chi connectivity index (χ4v) is 6.14. The Bertz CT molecular complexity index is 1870. The summed E-state index contributed by atoms with van der Waals surface area (Å²) in [6.45, 7) is 12.0. The summed E-state index contributed by atoms with van der Waals surface area (Å²) < 4.78 is 49.1. The Morgan fingerprint density at radius 1 is 1.02 bits per heavy atom. The van der Waals surface area contributed by atoms with Crippen LogP contribution < -0.4 is 16.0 Å². The minimum Gasteiger partial charge on any atom is -0.444 e. The minimum atomic E-state index is -4.74. The van der Waals surface area contributed by atoms with E-state index in [1.54, 1.807) is 37.5 Å². The number of halogens is 4. The van der Waals surface area contributed by atoms with Crippen molar-refractivity contribution in [2.45, 2.75) is 70.9 Å². The number of alkyl carbamates (subject to hydrolysis) is 1. The van der Waals surface area contributed by atoms with Gasteiger partial charge in [0.05, 0.1) is 34.6 Å². The number of anilines is 1. The number of nitrogens with one attached hydrogen (secondary N) is 3. The van der Waals surface area contributed by atoms with Crippen molar-refractivity contribution >= 4 is 41.2 Å². The number of alkyl halides is 3. The maximum atomic E-state index is 13.8. The lowest BCUT2D eigenvalue weighted by Gasteiger charge is -2.39. The number of imidazole rings is 1. The van der Waals surface area contributed by atoms with Crippen molar-refractivity contribution < 1.29 is 37.1 Å². The second-order valence-electron chi connectivity index (χ2n) is 14.0. The number of hydrogen-bond donors (Lipinski definition) is 3. The maximum Gasteiger partial charge on any atom is 0.435 e. The van der Waals surface area contributed by atoms with Crippen LogP contribution in [0.4, 0.5) is 28.4 Å². The summed E-state index contributed by atoms with van der Waals surface area (Å²) >= 11 is 6.47. The van der Waals surface area contributed by atoms with Gasteiger partial charge in [0.25, 0.3) is 11.8 Å². The fourth-order valence-electron chi connectivity index (χ4n) is 5.88. The molecule has 5 amide bonds. The first-order valence-electron chi connectivity index (χ1n) is 16.5. The molecule has 1 saturated heterocycles. The first-order valence-corrected chi connectivity index (χ1v) is 16.9. The van der Waals surface area contributed by atoms with E-state index in [1.807, 2.05) is 0 Å². The number of benzene rings is 1. The van der Waals surface area contributed by atoms with E-state index in [4.69, 9.17) is 16.3 Å². The average Bonchev–Trinajstić information content (AvgIpc) is 3.61. The number of amides is 5. The molecule has 3 N–H and O–H groups in total. The number of allylic oxidation sites excluding steroid dienone is 1. The van der Waals surface area contributed by atoms with Gasteiger partial charge < -0.3 is 35.1 Å². The topological polar surface area (TPSA) is 156 Å². The molecule has 0 bridgehead atoms. The molecule has 52 heavy (non-hydrogen) atoms. The zero-order chi connectivity index (χ0) is 38.1. The third-order valence-electron chi connectivity index (χ3n) is 8.43. The van der Waals surface area contributed by atoms with Gasteiger partial charge in [-0.15, -0.1) is 0 Å². The summed E-state index contributed by atoms with van der Waals surface area (Å²) in [5.74, 6) is -1.22. The lowest BCUT2D eigenvalue weighted by Crippen LogP contribution is -2.59. The fraction of sp³-hybridized carbons (Fsp3) is 0.471. The zero-order valence-corrected chi connectivity index (χ0v) is 30.2. The first-order chi connectivity index (χ1) is 24.3. The van der Waals surface area contributed by atoms with Crippen LogP contribution >= 0.6 is 11.6 Å². The number of nitrogens with zero attached hydrogens (tertiary/aromatic N) is 6. The van der Waals surface area contributed by atoms with Crippen LogP contribution in [0.3, 0.4) is 0 Å². The zero-order valence-electron chi connectivity index (χ0n) is 29.4. The van der Waals surface area contributed by atoms with E-state index in [0.717, 1.165) is 4.68 Å². The van der Waals surface area contributed by atoms with Crippen molar-refractivity contribution in [3.05, 3.63) is 64.8 Å². The molecule has 3 heterocycles. The van der Waals surface area contributed by atoms with Crippen LogP contribution in [0.15, 0.2) is 42.7 Å². The number of urea groups is 1. The number of carbonyl (C=O) groups excluding carboxylic acids is 4. The molecule has 18 heteroatoms. The highest BCUT2D eigenvalue weighted by Gasteiger charge is 2.39. The Morgan fingerprint density at radius 2 is 1.65 bits per heavy atom. The molecule has 0 spiro atoms. The van der Waals surface area contributed by atoms with Gasteiger partial charge in [-0.2, -0.15) is 18.3 Å². The van der Waals surface area contributed by atoms with Crippen molar-refractivity contribution in [1.82, 2.24) is 39.8 Å². The summed E-state index contributed by atoms with van der Waals surface area (Å²) in [6.07, 6.45) is -1.65. The summed E-state index contributed by atoms with van der Waals surface area (Å²) in [7, 11) is 1.42. The quantitative estimate of drug-likeness (QED) is 0.264. The Balaban J connectivity index is 1.13. The third-order valence-corrected chi connectivity index (χ3v) is 8.74. The lowest BCUT2D eigenvalue weighted by molar-refractivity contribution is -0.141. The number of aromatic nitrogens is 4. The molecule has 1 aliphatic heterocycles. The second kappa shape index (κ2) is 14.9. The lowest BCUT2D eigenvalue weighted by atomic mass is 9.87. The predicted octanol–water partition coefficient (Wildman–Crippen LogP) is 5.31. The summed E-state index contributed by atoms with van der Waals surface area (Å²) in [4.78, 5) is 58.5. The highest BCUT2D eigenvalue weighted by atomic mass is 35.5. The molecule has 2 fully saturated rings. The highest BCUT2D eigenvalue weighted by molar-refractivity contribution is 6.34. The number of rotatable bonds is 8. The van der Waals surface area contributed by atoms with Gasteiger partial charge in [0, 0.05) is 57.2 Å². The summed E-state index contributed by atoms with van der Waals surface area (Å²) in [5, 5.41) is 12.1. The number of hydrogen-bond acceptors (Lipinski definition) is 7. The van der Waals surface area contributed by atoms with Crippen molar-refractivity contribution in [1.29, 1.82) is 0 Å². The standard InChI is InChI=1S/C34H41ClF3N9O5/c1-19(2)17-47-18-24(27(43-47)34(36,37)38)26-16-39-28(44(26)6)29(48)40-20-7-8-23(25(35)15-20)30(49)45-9-11-46(12-10-45)31(50)41-21-13-22(14-21)42-32(51)52-33(3,4)5/h7-8,15-16,18,21-22H,1,9-14,17H2,2-6H3,(H,40,48)(H,41,50)(H,42,51). The van der Waals surface area contributed by atoms with E-state index in [9.17, 15) is 32.3 Å². The molecule has 0 radical (unpaired) electrons. The van der Waals surface area contributed by atoms with Crippen LogP contribution in [0.25, 0.3) is 11.3 Å². The van der Waals surface area contributed by atoms with Crippen LogP contribution in [0.5, 0.6) is 0 Å². The number of carbonyl (C=O) groups is 4. The molecule has 2 aromatic heterocycles. The number of ether oxygens (including phenoxy) is 1. The van der Waals surface area contributed by atoms with E-state index in [2.05, 4.69) is 32.6 Å². The molecule has 1 aromatic carbocycles. The molecule has 1 aliphatic carbocycles. The van der Waals surface area contributed by atoms with E-state index in [-0.39, 0.29) is 77.0 Å². The van der Waals surface area contributed by atoms with Crippen molar-refractivity contribution in [3.8, 4) is 11.3 Å². The van der Waals surface area contributed by atoms with E-state index in [0.29, 0.717) is 31.5 Å². The second-order valence-corrected chi connectivity index (χ2v) is 14.4. The normalized spacial score (nSPS) is 17.6. The van der Waals surface area contributed by atoms with E-state index in [1.165, 1.54) is 42.2 Å². The molecule has 1 saturated carbocycles. The Morgan fingerprint density at radius 3 is 2.25 bits per heavy atom. The molecule has 280 valence electrons. The van der Waals surface area contributed by atoms with Crippen LogP contribution in [0.2, 0.25) is 5.02 Å². The van der Waals surface area contributed by atoms with E-state index < -0.39 is 29.5 Å². The van der Waals surface area contributed by atoms with E-state index >= 15 is 0 Å². The van der Waals surface area contributed by atoms with Crippen molar-refractivity contribution in [2.24, 2.45) is 7.05 Å². The highest BCUT2D eigenvalue weighted by Crippen LogP contribution is 2.36. The Kier molecular flexibility index (Phi) is 10.9. The minimum absolute atomic E-state index is 0.0336. The predicted molar refractivity (Wildman–Crippen MR) is 186 cm³/mol. The monoisotopic (exact) mass is 747 g/mol. The Labute approximate surface area is 303 Å². The SMILES string of the molecule is C=C(C)Cn1cc(-c2cnc(C(=O)Nc3ccc(C(=O)N4CCN(C(=O)NC5CC(NC(=O)OC(C)(C)C)C5)CC4)c(Cl)c3)n2C)c(C(F)(F)F)n1. The van der Waals surface area contributed by atoms with Gasteiger partial charge in [0.2, 0.25) is 0 Å². The van der Waals surface area contributed by atoms with Crippen LogP contribution in [-0.2, 0) is 24.5 Å². The van der Waals surface area contributed by atoms with Gasteiger partial charge in [-0.05, 0) is 58.7 Å². The van der Waals surface area contributed by atoms with Crippen LogP contribution in [-0.4, -0.2) is 96.9 Å². The average molecular weight is 748 g/mol. The summed E-state index contributed by atoms with van der Waals surface area (Å²) in [5.41, 5.74) is -0.871. The molecule has 0 unspecified atom stereocenters. The molecule has 5 rings (SSSR count). The molecule has 2 aliphatic rings. The van der Waals surface area contributed by atoms with Gasteiger partial charge in [-0.3, -0.25) is 14.3 Å². The molecule has 14 nitrogen and oxygen atoms in total. The first kappa shape index (κ1) is 38.2. The van der Waals surface area contributed by atoms with Gasteiger partial charge in [-0.25, -0.2) is 14.6 Å². The molecule has 3 aromatic rings. The smallest absolute Gasteiger partial charge is 0.435 e. The van der Waals surface area contributed by atoms with Gasteiger partial charge >= 0.3 is 18.3 Å². The van der Waals surface area contributed by atoms with Crippen molar-refractivity contribution in [2.75, 3.05) is 31.5 Å². The molecular formula is C34H41ClF3N9O5. The third kappa shape index (κ3) is 9.05. The molecule has 0 atom stereocenters. The Hall–Kier alpha value is -5.06. The number of piperazine rings is 1. The van der Waals surface area contributed by atoms with Crippen LogP contribution in [0.1, 0.15) is 67.2 Å².